The van der Waals surface area contributed by atoms with Gasteiger partial charge in [-0.1, -0.05) is 42.5 Å². The van der Waals surface area contributed by atoms with Gasteiger partial charge in [0, 0.05) is 6.42 Å². The molecule has 5 heteroatoms. The summed E-state index contributed by atoms with van der Waals surface area (Å²) in [5.74, 6) is -0.708. The number of ether oxygens (including phenoxy) is 2. The number of hydrogen-bond acceptors (Lipinski definition) is 5. The molecule has 0 aliphatic rings. The van der Waals surface area contributed by atoms with E-state index in [1.54, 1.807) is 30.3 Å². The Kier molecular flexibility index (Phi) is 6.49. The van der Waals surface area contributed by atoms with Crippen LogP contribution in [0.25, 0.3) is 6.08 Å². The molecule has 0 aliphatic carbocycles. The topological polar surface area (TPSA) is 76.4 Å². The Morgan fingerprint density at radius 3 is 2.56 bits per heavy atom. The molecule has 2 aromatic carbocycles. The Bertz CT molecular complexity index is 819. The van der Waals surface area contributed by atoms with Crippen LogP contribution in [0, 0.1) is 11.3 Å². The molecule has 0 bridgehead atoms. The number of carbonyl (C=O) groups excluding carboxylic acids is 2. The zero-order chi connectivity index (χ0) is 18.1. The Balaban J connectivity index is 2.01. The molecule has 0 unspecified atom stereocenters. The number of nitriles is 1. The van der Waals surface area contributed by atoms with Crippen molar-refractivity contribution in [1.29, 1.82) is 5.26 Å². The van der Waals surface area contributed by atoms with Gasteiger partial charge < -0.3 is 9.47 Å². The van der Waals surface area contributed by atoms with Crippen molar-refractivity contribution in [2.45, 2.75) is 12.8 Å². The molecule has 2 aromatic rings. The van der Waals surface area contributed by atoms with Crippen LogP contribution in [0.3, 0.4) is 0 Å². The van der Waals surface area contributed by atoms with Gasteiger partial charge in [0.2, 0.25) is 0 Å². The van der Waals surface area contributed by atoms with Crippen LogP contribution in [0.5, 0.6) is 5.75 Å². The highest BCUT2D eigenvalue weighted by atomic mass is 16.5. The van der Waals surface area contributed by atoms with Crippen molar-refractivity contribution >= 4 is 18.0 Å². The van der Waals surface area contributed by atoms with E-state index < -0.39 is 5.97 Å². The Morgan fingerprint density at radius 2 is 1.88 bits per heavy atom. The fraction of sp³-hybridized carbons (Fsp3) is 0.150. The van der Waals surface area contributed by atoms with Crippen LogP contribution in [0.4, 0.5) is 0 Å². The van der Waals surface area contributed by atoms with E-state index in [2.05, 4.69) is 4.74 Å². The second kappa shape index (κ2) is 9.04. The first-order chi connectivity index (χ1) is 12.1. The van der Waals surface area contributed by atoms with Gasteiger partial charge in [-0.25, -0.2) is 4.79 Å². The van der Waals surface area contributed by atoms with E-state index in [-0.39, 0.29) is 18.0 Å². The van der Waals surface area contributed by atoms with Crippen LogP contribution in [0.1, 0.15) is 17.5 Å². The number of esters is 2. The lowest BCUT2D eigenvalue weighted by Gasteiger charge is -2.05. The zero-order valence-corrected chi connectivity index (χ0v) is 13.8. The molecular formula is C20H17NO4. The van der Waals surface area contributed by atoms with Crippen molar-refractivity contribution in [3.05, 3.63) is 71.3 Å². The van der Waals surface area contributed by atoms with Gasteiger partial charge in [-0.15, -0.1) is 0 Å². The van der Waals surface area contributed by atoms with Crippen molar-refractivity contribution in [3.8, 4) is 11.8 Å². The van der Waals surface area contributed by atoms with Gasteiger partial charge in [-0.05, 0) is 35.8 Å². The fourth-order valence-corrected chi connectivity index (χ4v) is 2.15. The van der Waals surface area contributed by atoms with Crippen LogP contribution in [0.2, 0.25) is 0 Å². The van der Waals surface area contributed by atoms with Crippen molar-refractivity contribution in [1.82, 2.24) is 0 Å². The summed E-state index contributed by atoms with van der Waals surface area (Å²) in [7, 11) is 1.21. The average molecular weight is 335 g/mol. The van der Waals surface area contributed by atoms with Crippen LogP contribution in [-0.2, 0) is 20.7 Å². The molecule has 0 spiro atoms. The van der Waals surface area contributed by atoms with Crippen molar-refractivity contribution in [2.24, 2.45) is 0 Å². The quantitative estimate of drug-likeness (QED) is 0.350. The number of methoxy groups -OCH3 is 1. The predicted octanol–water partition coefficient (Wildman–Crippen LogP) is 3.30. The van der Waals surface area contributed by atoms with Crippen molar-refractivity contribution < 1.29 is 19.1 Å². The molecule has 5 nitrogen and oxygen atoms in total. The van der Waals surface area contributed by atoms with Gasteiger partial charge in [0.15, 0.2) is 0 Å². The van der Waals surface area contributed by atoms with E-state index in [1.165, 1.54) is 13.2 Å². The highest BCUT2D eigenvalue weighted by Gasteiger charge is 2.10. The molecule has 0 heterocycles. The normalized spacial score (nSPS) is 10.6. The lowest BCUT2D eigenvalue weighted by atomic mass is 10.1. The van der Waals surface area contributed by atoms with Crippen molar-refractivity contribution in [2.75, 3.05) is 7.11 Å². The first kappa shape index (κ1) is 18.0. The van der Waals surface area contributed by atoms with E-state index in [1.807, 2.05) is 30.3 Å². The van der Waals surface area contributed by atoms with Crippen molar-refractivity contribution in [3.63, 3.8) is 0 Å². The van der Waals surface area contributed by atoms with Crippen LogP contribution < -0.4 is 4.74 Å². The number of nitrogens with zero attached hydrogens (tertiary/aromatic N) is 1. The Hall–Kier alpha value is -3.39. The molecule has 0 aliphatic heterocycles. The number of carbonyl (C=O) groups is 2. The lowest BCUT2D eigenvalue weighted by Crippen LogP contribution is -2.09. The van der Waals surface area contributed by atoms with Crippen LogP contribution in [0.15, 0.2) is 60.2 Å². The third-order valence-corrected chi connectivity index (χ3v) is 3.39. The summed E-state index contributed by atoms with van der Waals surface area (Å²) in [5.41, 5.74) is 1.50. The summed E-state index contributed by atoms with van der Waals surface area (Å²) in [6.07, 6.45) is 2.24. The number of rotatable bonds is 6. The summed E-state index contributed by atoms with van der Waals surface area (Å²) >= 11 is 0. The first-order valence-electron chi connectivity index (χ1n) is 7.67. The average Bonchev–Trinajstić information content (AvgIpc) is 2.65. The smallest absolute Gasteiger partial charge is 0.348 e. The molecule has 0 N–H and O–H groups in total. The zero-order valence-electron chi connectivity index (χ0n) is 13.8. The molecule has 0 saturated carbocycles. The highest BCUT2D eigenvalue weighted by molar-refractivity contribution is 5.97. The molecule has 0 aromatic heterocycles. The maximum Gasteiger partial charge on any atom is 0.348 e. The minimum absolute atomic E-state index is 0.130. The summed E-state index contributed by atoms with van der Waals surface area (Å²) in [4.78, 5) is 23.4. The lowest BCUT2D eigenvalue weighted by molar-refractivity contribution is -0.136. The van der Waals surface area contributed by atoms with Gasteiger partial charge >= 0.3 is 11.9 Å². The molecule has 0 saturated heterocycles. The molecule has 0 fully saturated rings. The van der Waals surface area contributed by atoms with E-state index in [0.717, 1.165) is 5.56 Å². The van der Waals surface area contributed by atoms with Gasteiger partial charge in [-0.2, -0.15) is 5.26 Å². The van der Waals surface area contributed by atoms with E-state index in [4.69, 9.17) is 10.00 Å². The minimum Gasteiger partial charge on any atom is -0.465 e. The molecule has 0 atom stereocenters. The number of hydrogen-bond donors (Lipinski definition) is 0. The monoisotopic (exact) mass is 335 g/mol. The maximum atomic E-state index is 12.0. The van der Waals surface area contributed by atoms with E-state index >= 15 is 0 Å². The first-order valence-corrected chi connectivity index (χ1v) is 7.67. The Morgan fingerprint density at radius 1 is 1.12 bits per heavy atom. The van der Waals surface area contributed by atoms with Gasteiger partial charge in [0.1, 0.15) is 17.4 Å². The van der Waals surface area contributed by atoms with Crippen LogP contribution >= 0.6 is 0 Å². The second-order valence-corrected chi connectivity index (χ2v) is 5.19. The molecule has 0 radical (unpaired) electrons. The Labute approximate surface area is 146 Å². The fourth-order valence-electron chi connectivity index (χ4n) is 2.15. The summed E-state index contributed by atoms with van der Waals surface area (Å²) < 4.78 is 9.84. The largest absolute Gasteiger partial charge is 0.465 e. The molecule has 126 valence electrons. The second-order valence-electron chi connectivity index (χ2n) is 5.19. The SMILES string of the molecule is COC(=O)/C(C#N)=C/c1cccc(OC(=O)CCc2ccccc2)c1. The van der Waals surface area contributed by atoms with Gasteiger partial charge in [-0.3, -0.25) is 4.79 Å². The van der Waals surface area contributed by atoms with E-state index in [9.17, 15) is 9.59 Å². The molecule has 0 amide bonds. The molecular weight excluding hydrogens is 318 g/mol. The maximum absolute atomic E-state index is 12.0. The third kappa shape index (κ3) is 5.63. The van der Waals surface area contributed by atoms with E-state index in [0.29, 0.717) is 17.7 Å². The summed E-state index contributed by atoms with van der Waals surface area (Å²) in [6, 6.07) is 18.0. The third-order valence-electron chi connectivity index (χ3n) is 3.39. The van der Waals surface area contributed by atoms with Crippen LogP contribution in [-0.4, -0.2) is 19.0 Å². The molecule has 2 rings (SSSR count). The highest BCUT2D eigenvalue weighted by Crippen LogP contribution is 2.17. The summed E-state index contributed by atoms with van der Waals surface area (Å²) in [5, 5.41) is 8.98. The standard InChI is InChI=1S/C20H17NO4/c1-24-20(23)17(14-21)12-16-8-5-9-18(13-16)25-19(22)11-10-15-6-3-2-4-7-15/h2-9,12-13H,10-11H2,1H3/b17-12+. The number of benzene rings is 2. The molecule has 25 heavy (non-hydrogen) atoms. The number of aryl methyl sites for hydroxylation is 1. The predicted molar refractivity (Wildman–Crippen MR) is 92.4 cm³/mol. The van der Waals surface area contributed by atoms with Gasteiger partial charge in [0.25, 0.3) is 0 Å². The van der Waals surface area contributed by atoms with Gasteiger partial charge in [0.05, 0.1) is 7.11 Å². The summed E-state index contributed by atoms with van der Waals surface area (Å²) in [6.45, 7) is 0. The minimum atomic E-state index is -0.715.